The zero-order valence-electron chi connectivity index (χ0n) is 9.58. The van der Waals surface area contributed by atoms with Gasteiger partial charge in [-0.2, -0.15) is 8.75 Å². The second-order valence-corrected chi connectivity index (χ2v) is 4.34. The quantitative estimate of drug-likeness (QED) is 0.780. The van der Waals surface area contributed by atoms with Gasteiger partial charge in [-0.15, -0.1) is 0 Å². The Balaban J connectivity index is 2.35. The first kappa shape index (κ1) is 11.7. The van der Waals surface area contributed by atoms with Gasteiger partial charge >= 0.3 is 0 Å². The van der Waals surface area contributed by atoms with Crippen molar-refractivity contribution < 1.29 is 9.53 Å². The number of nitrogens with zero attached hydrogens (tertiary/aromatic N) is 2. The lowest BCUT2D eigenvalue weighted by molar-refractivity contribution is 0.102. The molecule has 2 rings (SSSR count). The van der Waals surface area contributed by atoms with Crippen LogP contribution in [0.5, 0.6) is 5.75 Å². The van der Waals surface area contributed by atoms with E-state index in [1.54, 1.807) is 18.2 Å². The van der Waals surface area contributed by atoms with Crippen LogP contribution in [-0.2, 0) is 0 Å². The minimum absolute atomic E-state index is 0.0255. The summed E-state index contributed by atoms with van der Waals surface area (Å²) in [4.78, 5) is 12.1. The number of benzene rings is 1. The van der Waals surface area contributed by atoms with Crippen molar-refractivity contribution in [3.8, 4) is 5.75 Å². The summed E-state index contributed by atoms with van der Waals surface area (Å²) in [6, 6.07) is 7.17. The fraction of sp³-hybridized carbons (Fsp3) is 0.250. The number of carbonyl (C=O) groups is 1. The summed E-state index contributed by atoms with van der Waals surface area (Å²) in [5.41, 5.74) is 0.878. The molecule has 1 aromatic heterocycles. The predicted molar refractivity (Wildman–Crippen MR) is 65.5 cm³/mol. The van der Waals surface area contributed by atoms with E-state index < -0.39 is 0 Å². The molecule has 5 heteroatoms. The van der Waals surface area contributed by atoms with E-state index in [9.17, 15) is 4.79 Å². The highest BCUT2D eigenvalue weighted by molar-refractivity contribution is 6.99. The maximum atomic E-state index is 12.1. The molecule has 2 aromatic rings. The van der Waals surface area contributed by atoms with Gasteiger partial charge in [0.2, 0.25) is 5.78 Å². The van der Waals surface area contributed by atoms with Gasteiger partial charge in [-0.3, -0.25) is 4.79 Å². The molecule has 1 heterocycles. The highest BCUT2D eigenvalue weighted by Gasteiger charge is 2.17. The molecule has 0 aliphatic carbocycles. The first-order valence-electron chi connectivity index (χ1n) is 5.26. The van der Waals surface area contributed by atoms with Crippen LogP contribution in [0.15, 0.2) is 30.5 Å². The first-order chi connectivity index (χ1) is 8.18. The Morgan fingerprint density at radius 1 is 1.35 bits per heavy atom. The highest BCUT2D eigenvalue weighted by atomic mass is 32.1. The molecule has 4 nitrogen and oxygen atoms in total. The zero-order chi connectivity index (χ0) is 12.3. The molecule has 0 unspecified atom stereocenters. The number of ketones is 1. The van der Waals surface area contributed by atoms with Gasteiger partial charge in [0.1, 0.15) is 11.4 Å². The van der Waals surface area contributed by atoms with Gasteiger partial charge in [0.25, 0.3) is 0 Å². The number of hydrogen-bond donors (Lipinski definition) is 0. The summed E-state index contributed by atoms with van der Waals surface area (Å²) in [6.07, 6.45) is 1.50. The van der Waals surface area contributed by atoms with Gasteiger partial charge in [-0.05, 0) is 26.0 Å². The third kappa shape index (κ3) is 2.68. The zero-order valence-corrected chi connectivity index (χ0v) is 10.4. The Hall–Kier alpha value is -1.75. The molecule has 0 fully saturated rings. The average molecular weight is 248 g/mol. The standard InChI is InChI=1S/C12H12N2O2S/c1-8(2)16-11-6-4-3-5-9(11)12(15)10-7-13-17-14-10/h3-8H,1-2H3. The highest BCUT2D eigenvalue weighted by Crippen LogP contribution is 2.22. The van der Waals surface area contributed by atoms with Crippen molar-refractivity contribution in [2.75, 3.05) is 0 Å². The third-order valence-corrected chi connectivity index (χ3v) is 2.57. The fourth-order valence-corrected chi connectivity index (χ4v) is 1.83. The Kier molecular flexibility index (Phi) is 3.49. The van der Waals surface area contributed by atoms with Gasteiger partial charge in [-0.1, -0.05) is 12.1 Å². The Morgan fingerprint density at radius 2 is 2.12 bits per heavy atom. The maximum Gasteiger partial charge on any atom is 0.217 e. The molecule has 17 heavy (non-hydrogen) atoms. The van der Waals surface area contributed by atoms with Crippen molar-refractivity contribution in [1.29, 1.82) is 0 Å². The van der Waals surface area contributed by atoms with Crippen molar-refractivity contribution in [2.45, 2.75) is 20.0 Å². The van der Waals surface area contributed by atoms with Crippen LogP contribution in [0, 0.1) is 0 Å². The van der Waals surface area contributed by atoms with Crippen molar-refractivity contribution in [3.05, 3.63) is 41.7 Å². The van der Waals surface area contributed by atoms with Crippen molar-refractivity contribution >= 4 is 17.5 Å². The lowest BCUT2D eigenvalue weighted by atomic mass is 10.1. The largest absolute Gasteiger partial charge is 0.490 e. The number of para-hydroxylation sites is 1. The molecule has 0 aliphatic rings. The van der Waals surface area contributed by atoms with Crippen LogP contribution in [0.3, 0.4) is 0 Å². The SMILES string of the molecule is CC(C)Oc1ccccc1C(=O)c1cnsn1. The number of rotatable bonds is 4. The van der Waals surface area contributed by atoms with E-state index in [0.29, 0.717) is 17.0 Å². The van der Waals surface area contributed by atoms with Gasteiger partial charge in [-0.25, -0.2) is 0 Å². The molecule has 0 atom stereocenters. The minimum atomic E-state index is -0.157. The van der Waals surface area contributed by atoms with Crippen LogP contribution in [0.1, 0.15) is 29.9 Å². The smallest absolute Gasteiger partial charge is 0.217 e. The maximum absolute atomic E-state index is 12.1. The minimum Gasteiger partial charge on any atom is -0.490 e. The molecule has 0 amide bonds. The van der Waals surface area contributed by atoms with E-state index in [1.165, 1.54) is 6.20 Å². The van der Waals surface area contributed by atoms with Crippen LogP contribution >= 0.6 is 11.7 Å². The Bertz CT molecular complexity index is 509. The molecule has 0 bridgehead atoms. The van der Waals surface area contributed by atoms with Gasteiger partial charge in [0, 0.05) is 0 Å². The molecule has 0 radical (unpaired) electrons. The topological polar surface area (TPSA) is 52.1 Å². The lowest BCUT2D eigenvalue weighted by Gasteiger charge is -2.12. The fourth-order valence-electron chi connectivity index (χ4n) is 1.41. The first-order valence-corrected chi connectivity index (χ1v) is 5.99. The summed E-state index contributed by atoms with van der Waals surface area (Å²) in [5.74, 6) is 0.426. The summed E-state index contributed by atoms with van der Waals surface area (Å²) < 4.78 is 13.4. The number of aromatic nitrogens is 2. The third-order valence-electron chi connectivity index (χ3n) is 2.09. The molecule has 0 saturated heterocycles. The molecular formula is C12H12N2O2S. The van der Waals surface area contributed by atoms with Crippen molar-refractivity contribution in [2.24, 2.45) is 0 Å². The van der Waals surface area contributed by atoms with E-state index in [-0.39, 0.29) is 11.9 Å². The van der Waals surface area contributed by atoms with Crippen LogP contribution in [0.4, 0.5) is 0 Å². The summed E-state index contributed by atoms with van der Waals surface area (Å²) in [7, 11) is 0. The van der Waals surface area contributed by atoms with Crippen LogP contribution in [-0.4, -0.2) is 20.6 Å². The number of carbonyl (C=O) groups excluding carboxylic acids is 1. The molecule has 0 saturated carbocycles. The summed E-state index contributed by atoms with van der Waals surface area (Å²) >= 11 is 1.02. The molecule has 1 aromatic carbocycles. The number of hydrogen-bond acceptors (Lipinski definition) is 5. The monoisotopic (exact) mass is 248 g/mol. The van der Waals surface area contributed by atoms with Crippen LogP contribution in [0.25, 0.3) is 0 Å². The molecular weight excluding hydrogens is 236 g/mol. The second-order valence-electron chi connectivity index (χ2n) is 3.78. The molecule has 0 aliphatic heterocycles. The van der Waals surface area contributed by atoms with E-state index in [1.807, 2.05) is 19.9 Å². The van der Waals surface area contributed by atoms with E-state index >= 15 is 0 Å². The van der Waals surface area contributed by atoms with Gasteiger partial charge < -0.3 is 4.74 Å². The average Bonchev–Trinajstić information content (AvgIpc) is 2.81. The molecule has 0 N–H and O–H groups in total. The second kappa shape index (κ2) is 5.05. The normalized spacial score (nSPS) is 10.5. The van der Waals surface area contributed by atoms with E-state index in [0.717, 1.165) is 11.7 Å². The predicted octanol–water partition coefficient (Wildman–Crippen LogP) is 2.56. The van der Waals surface area contributed by atoms with Crippen molar-refractivity contribution in [1.82, 2.24) is 8.75 Å². The lowest BCUT2D eigenvalue weighted by Crippen LogP contribution is -2.10. The van der Waals surface area contributed by atoms with Gasteiger partial charge in [0.05, 0.1) is 29.6 Å². The van der Waals surface area contributed by atoms with Gasteiger partial charge in [0.15, 0.2) is 0 Å². The Morgan fingerprint density at radius 3 is 2.76 bits per heavy atom. The summed E-state index contributed by atoms with van der Waals surface area (Å²) in [5, 5.41) is 0. The van der Waals surface area contributed by atoms with Crippen molar-refractivity contribution in [3.63, 3.8) is 0 Å². The van der Waals surface area contributed by atoms with Crippen LogP contribution < -0.4 is 4.74 Å². The Labute approximate surface area is 104 Å². The van der Waals surface area contributed by atoms with E-state index in [4.69, 9.17) is 4.74 Å². The molecule has 88 valence electrons. The van der Waals surface area contributed by atoms with Crippen LogP contribution in [0.2, 0.25) is 0 Å². The number of ether oxygens (including phenoxy) is 1. The molecule has 0 spiro atoms. The summed E-state index contributed by atoms with van der Waals surface area (Å²) in [6.45, 7) is 3.84. The van der Waals surface area contributed by atoms with E-state index in [2.05, 4.69) is 8.75 Å².